The summed E-state index contributed by atoms with van der Waals surface area (Å²) >= 11 is 7.15. The maximum Gasteiger partial charge on any atom is 0.110 e. The first-order valence-electron chi connectivity index (χ1n) is 5.58. The standard InChI is InChI=1S/C11H19BrN2S2/c1-4-15-6-5-8(2)14-9(3)11-13-7-10(12)16-11/h7-9,14H,4-6H2,1-3H3. The van der Waals surface area contributed by atoms with E-state index in [1.165, 1.54) is 17.9 Å². The third-order valence-corrected chi connectivity index (χ3v) is 4.89. The van der Waals surface area contributed by atoms with Gasteiger partial charge in [-0.15, -0.1) is 11.3 Å². The number of halogens is 1. The van der Waals surface area contributed by atoms with Crippen LogP contribution in [0.2, 0.25) is 0 Å². The van der Waals surface area contributed by atoms with Gasteiger partial charge < -0.3 is 5.32 Å². The molecule has 5 heteroatoms. The van der Waals surface area contributed by atoms with Gasteiger partial charge in [0.15, 0.2) is 0 Å². The molecule has 2 atom stereocenters. The fraction of sp³-hybridized carbons (Fsp3) is 0.727. The van der Waals surface area contributed by atoms with Crippen molar-refractivity contribution in [3.63, 3.8) is 0 Å². The molecule has 2 nitrogen and oxygen atoms in total. The summed E-state index contributed by atoms with van der Waals surface area (Å²) in [6.07, 6.45) is 3.09. The fourth-order valence-corrected chi connectivity index (χ4v) is 3.52. The monoisotopic (exact) mass is 322 g/mol. The average Bonchev–Trinajstić information content (AvgIpc) is 2.65. The number of nitrogens with one attached hydrogen (secondary N) is 1. The van der Waals surface area contributed by atoms with Gasteiger partial charge in [-0.25, -0.2) is 4.98 Å². The zero-order valence-electron chi connectivity index (χ0n) is 10.00. The molecular weight excluding hydrogens is 304 g/mol. The molecule has 0 amide bonds. The smallest absolute Gasteiger partial charge is 0.110 e. The maximum atomic E-state index is 4.37. The molecule has 1 aromatic rings. The lowest BCUT2D eigenvalue weighted by atomic mass is 10.2. The highest BCUT2D eigenvalue weighted by Crippen LogP contribution is 2.24. The van der Waals surface area contributed by atoms with E-state index in [4.69, 9.17) is 0 Å². The molecular formula is C11H19BrN2S2. The Balaban J connectivity index is 2.30. The Morgan fingerprint density at radius 1 is 1.56 bits per heavy atom. The van der Waals surface area contributed by atoms with E-state index in [1.54, 1.807) is 11.3 Å². The normalized spacial score (nSPS) is 15.0. The first-order chi connectivity index (χ1) is 7.63. The number of aromatic nitrogens is 1. The zero-order valence-corrected chi connectivity index (χ0v) is 13.2. The molecule has 1 aromatic heterocycles. The first-order valence-corrected chi connectivity index (χ1v) is 8.35. The van der Waals surface area contributed by atoms with Crippen LogP contribution in [-0.2, 0) is 0 Å². The van der Waals surface area contributed by atoms with Crippen LogP contribution >= 0.6 is 39.0 Å². The lowest BCUT2D eigenvalue weighted by Gasteiger charge is -2.18. The van der Waals surface area contributed by atoms with Gasteiger partial charge in [-0.2, -0.15) is 11.8 Å². The molecule has 1 N–H and O–H groups in total. The van der Waals surface area contributed by atoms with Crippen molar-refractivity contribution in [2.24, 2.45) is 0 Å². The van der Waals surface area contributed by atoms with E-state index in [-0.39, 0.29) is 0 Å². The molecule has 1 rings (SSSR count). The molecule has 0 aliphatic carbocycles. The van der Waals surface area contributed by atoms with Crippen molar-refractivity contribution in [1.82, 2.24) is 10.3 Å². The van der Waals surface area contributed by atoms with E-state index in [0.29, 0.717) is 12.1 Å². The molecule has 92 valence electrons. The maximum absolute atomic E-state index is 4.37. The average molecular weight is 323 g/mol. The second-order valence-electron chi connectivity index (χ2n) is 3.78. The summed E-state index contributed by atoms with van der Waals surface area (Å²) in [6.45, 7) is 6.63. The Kier molecular flexibility index (Phi) is 6.96. The molecule has 0 saturated heterocycles. The number of hydrogen-bond donors (Lipinski definition) is 1. The van der Waals surface area contributed by atoms with Crippen molar-refractivity contribution in [2.45, 2.75) is 39.3 Å². The van der Waals surface area contributed by atoms with Gasteiger partial charge in [0.1, 0.15) is 5.01 Å². The topological polar surface area (TPSA) is 24.9 Å². The van der Waals surface area contributed by atoms with Crippen LogP contribution in [0, 0.1) is 0 Å². The van der Waals surface area contributed by atoms with Gasteiger partial charge in [-0.05, 0) is 47.7 Å². The minimum Gasteiger partial charge on any atom is -0.306 e. The van der Waals surface area contributed by atoms with E-state index < -0.39 is 0 Å². The van der Waals surface area contributed by atoms with Crippen molar-refractivity contribution < 1.29 is 0 Å². The largest absolute Gasteiger partial charge is 0.306 e. The van der Waals surface area contributed by atoms with E-state index in [1.807, 2.05) is 18.0 Å². The van der Waals surface area contributed by atoms with E-state index >= 15 is 0 Å². The predicted molar refractivity (Wildman–Crippen MR) is 78.4 cm³/mol. The lowest BCUT2D eigenvalue weighted by molar-refractivity contribution is 0.470. The highest BCUT2D eigenvalue weighted by atomic mass is 79.9. The summed E-state index contributed by atoms with van der Waals surface area (Å²) in [5, 5.41) is 4.74. The minimum absolute atomic E-state index is 0.345. The van der Waals surface area contributed by atoms with Crippen LogP contribution in [-0.4, -0.2) is 22.5 Å². The Labute approximate surface area is 115 Å². The summed E-state index contributed by atoms with van der Waals surface area (Å²) in [5.74, 6) is 2.45. The third-order valence-electron chi connectivity index (χ3n) is 2.30. The summed E-state index contributed by atoms with van der Waals surface area (Å²) in [7, 11) is 0. The second-order valence-corrected chi connectivity index (χ2v) is 7.61. The Hall–Kier alpha value is 0.420. The van der Waals surface area contributed by atoms with Crippen molar-refractivity contribution in [1.29, 1.82) is 0 Å². The van der Waals surface area contributed by atoms with Crippen LogP contribution < -0.4 is 5.32 Å². The minimum atomic E-state index is 0.345. The number of nitrogens with zero attached hydrogens (tertiary/aromatic N) is 1. The van der Waals surface area contributed by atoms with Crippen LogP contribution in [0.25, 0.3) is 0 Å². The third kappa shape index (κ3) is 5.17. The SMILES string of the molecule is CCSCCC(C)NC(C)c1ncc(Br)s1. The van der Waals surface area contributed by atoms with E-state index in [2.05, 4.69) is 47.0 Å². The highest BCUT2D eigenvalue weighted by Gasteiger charge is 2.12. The van der Waals surface area contributed by atoms with Gasteiger partial charge in [-0.1, -0.05) is 6.92 Å². The highest BCUT2D eigenvalue weighted by molar-refractivity contribution is 9.11. The summed E-state index contributed by atoms with van der Waals surface area (Å²) < 4.78 is 1.10. The quantitative estimate of drug-likeness (QED) is 0.765. The number of hydrogen-bond acceptors (Lipinski definition) is 4. The van der Waals surface area contributed by atoms with Crippen LogP contribution in [0.5, 0.6) is 0 Å². The molecule has 16 heavy (non-hydrogen) atoms. The molecule has 0 saturated carbocycles. The number of rotatable bonds is 7. The Morgan fingerprint density at radius 3 is 2.88 bits per heavy atom. The Bertz CT molecular complexity index is 304. The van der Waals surface area contributed by atoms with Crippen LogP contribution in [0.15, 0.2) is 9.98 Å². The van der Waals surface area contributed by atoms with Crippen molar-refractivity contribution in [3.05, 3.63) is 15.0 Å². The lowest BCUT2D eigenvalue weighted by Crippen LogP contribution is -2.29. The molecule has 0 spiro atoms. The van der Waals surface area contributed by atoms with Crippen molar-refractivity contribution in [3.8, 4) is 0 Å². The van der Waals surface area contributed by atoms with Crippen molar-refractivity contribution >= 4 is 39.0 Å². The molecule has 1 heterocycles. The zero-order chi connectivity index (χ0) is 12.0. The van der Waals surface area contributed by atoms with Gasteiger partial charge in [0, 0.05) is 6.04 Å². The fourth-order valence-electron chi connectivity index (χ4n) is 1.45. The molecule has 0 radical (unpaired) electrons. The van der Waals surface area contributed by atoms with Crippen LogP contribution in [0.3, 0.4) is 0 Å². The molecule has 0 aliphatic heterocycles. The summed E-state index contributed by atoms with van der Waals surface area (Å²) in [4.78, 5) is 4.37. The molecule has 0 aromatic carbocycles. The van der Waals surface area contributed by atoms with Gasteiger partial charge in [0.05, 0.1) is 16.0 Å². The van der Waals surface area contributed by atoms with E-state index in [9.17, 15) is 0 Å². The molecule has 2 unspecified atom stereocenters. The number of thiazole rings is 1. The van der Waals surface area contributed by atoms with Gasteiger partial charge in [-0.3, -0.25) is 0 Å². The second kappa shape index (κ2) is 7.69. The van der Waals surface area contributed by atoms with Crippen molar-refractivity contribution in [2.75, 3.05) is 11.5 Å². The van der Waals surface area contributed by atoms with Gasteiger partial charge in [0.25, 0.3) is 0 Å². The molecule has 0 aliphatic rings. The summed E-state index contributed by atoms with van der Waals surface area (Å²) in [6, 6.07) is 0.898. The van der Waals surface area contributed by atoms with Gasteiger partial charge >= 0.3 is 0 Å². The predicted octanol–water partition coefficient (Wildman–Crippen LogP) is 4.09. The van der Waals surface area contributed by atoms with Gasteiger partial charge in [0.2, 0.25) is 0 Å². The summed E-state index contributed by atoms with van der Waals surface area (Å²) in [5.41, 5.74) is 0. The number of thioether (sulfide) groups is 1. The van der Waals surface area contributed by atoms with Crippen LogP contribution in [0.4, 0.5) is 0 Å². The Morgan fingerprint density at radius 2 is 2.31 bits per heavy atom. The molecule has 0 bridgehead atoms. The molecule has 0 fully saturated rings. The first kappa shape index (κ1) is 14.5. The van der Waals surface area contributed by atoms with Crippen LogP contribution in [0.1, 0.15) is 38.2 Å². The van der Waals surface area contributed by atoms with E-state index in [0.717, 1.165) is 8.79 Å².